The first-order chi connectivity index (χ1) is 16.0. The van der Waals surface area contributed by atoms with Crippen molar-refractivity contribution in [2.45, 2.75) is 44.8 Å². The van der Waals surface area contributed by atoms with Gasteiger partial charge in [-0.05, 0) is 49.7 Å². The van der Waals surface area contributed by atoms with Gasteiger partial charge in [0.1, 0.15) is 0 Å². The Balaban J connectivity index is 1.67. The highest BCUT2D eigenvalue weighted by molar-refractivity contribution is 7.99. The molecule has 0 saturated heterocycles. The molecule has 0 aliphatic rings. The number of nitrogens with zero attached hydrogens (tertiary/aromatic N) is 3. The molecule has 0 bridgehead atoms. The number of hydrogen-bond donors (Lipinski definition) is 1. The van der Waals surface area contributed by atoms with Gasteiger partial charge in [0.2, 0.25) is 5.91 Å². The Labute approximate surface area is 200 Å². The van der Waals surface area contributed by atoms with Gasteiger partial charge >= 0.3 is 0 Å². The monoisotopic (exact) mass is 466 g/mol. The van der Waals surface area contributed by atoms with E-state index in [4.69, 9.17) is 4.98 Å². The largest absolute Gasteiger partial charge is 0.355 e. The first-order valence-corrected chi connectivity index (χ1v) is 12.7. The van der Waals surface area contributed by atoms with E-state index in [9.17, 15) is 9.59 Å². The van der Waals surface area contributed by atoms with Gasteiger partial charge < -0.3 is 10.2 Å². The van der Waals surface area contributed by atoms with Crippen LogP contribution in [0.4, 0.5) is 0 Å². The average Bonchev–Trinajstić information content (AvgIpc) is 2.85. The zero-order chi connectivity index (χ0) is 23.6. The summed E-state index contributed by atoms with van der Waals surface area (Å²) in [6.07, 6.45) is 0.857. The minimum absolute atomic E-state index is 0.0410. The fraction of sp³-hybridized carbons (Fsp3) is 0.423. The standard InChI is InChI=1S/C26H34N4O2S/c1-4-29(5-2)16-11-17-30-25(32)22-14-9-10-15-23(22)28-26(30)33-19-24(31)27-18-20(3)21-12-7-6-8-13-21/h6-10,12-15,20H,4-5,11,16-19H2,1-3H3,(H,27,31). The molecule has 7 heteroatoms. The molecule has 1 aromatic heterocycles. The second-order valence-electron chi connectivity index (χ2n) is 8.15. The minimum Gasteiger partial charge on any atom is -0.355 e. The first-order valence-electron chi connectivity index (χ1n) is 11.7. The van der Waals surface area contributed by atoms with Crippen LogP contribution < -0.4 is 10.9 Å². The van der Waals surface area contributed by atoms with Crippen molar-refractivity contribution >= 4 is 28.6 Å². The smallest absolute Gasteiger partial charge is 0.262 e. The molecule has 0 spiro atoms. The Morgan fingerprint density at radius 2 is 1.79 bits per heavy atom. The summed E-state index contributed by atoms with van der Waals surface area (Å²) in [7, 11) is 0. The van der Waals surface area contributed by atoms with Crippen molar-refractivity contribution < 1.29 is 4.79 Å². The Morgan fingerprint density at radius 1 is 1.09 bits per heavy atom. The van der Waals surface area contributed by atoms with Crippen LogP contribution >= 0.6 is 11.8 Å². The van der Waals surface area contributed by atoms with E-state index in [1.165, 1.54) is 17.3 Å². The molecule has 1 atom stereocenters. The Bertz CT molecular complexity index is 1100. The van der Waals surface area contributed by atoms with Crippen LogP contribution in [0.1, 0.15) is 38.7 Å². The molecule has 1 N–H and O–H groups in total. The number of hydrogen-bond acceptors (Lipinski definition) is 5. The van der Waals surface area contributed by atoms with E-state index in [1.807, 2.05) is 42.5 Å². The molecule has 0 aliphatic carbocycles. The molecule has 1 amide bonds. The van der Waals surface area contributed by atoms with Crippen LogP contribution in [0.15, 0.2) is 64.5 Å². The van der Waals surface area contributed by atoms with Crippen molar-refractivity contribution in [3.8, 4) is 0 Å². The Morgan fingerprint density at radius 3 is 2.52 bits per heavy atom. The molecule has 3 rings (SSSR count). The fourth-order valence-electron chi connectivity index (χ4n) is 3.79. The number of carbonyl (C=O) groups is 1. The number of benzene rings is 2. The topological polar surface area (TPSA) is 67.2 Å². The summed E-state index contributed by atoms with van der Waals surface area (Å²) in [6.45, 7) is 10.5. The summed E-state index contributed by atoms with van der Waals surface area (Å²) in [6, 6.07) is 17.6. The van der Waals surface area contributed by atoms with E-state index in [2.05, 4.69) is 43.1 Å². The molecule has 0 radical (unpaired) electrons. The van der Waals surface area contributed by atoms with Crippen LogP contribution in [0.3, 0.4) is 0 Å². The predicted molar refractivity (Wildman–Crippen MR) is 137 cm³/mol. The Hall–Kier alpha value is -2.64. The van der Waals surface area contributed by atoms with Gasteiger partial charge in [-0.1, -0.05) is 75.0 Å². The lowest BCUT2D eigenvalue weighted by molar-refractivity contribution is -0.118. The molecule has 176 valence electrons. The quantitative estimate of drug-likeness (QED) is 0.321. The van der Waals surface area contributed by atoms with Crippen molar-refractivity contribution in [1.29, 1.82) is 0 Å². The minimum atomic E-state index is -0.0557. The number of fused-ring (bicyclic) bond motifs is 1. The van der Waals surface area contributed by atoms with Crippen LogP contribution in [0.25, 0.3) is 10.9 Å². The summed E-state index contributed by atoms with van der Waals surface area (Å²) < 4.78 is 1.73. The average molecular weight is 467 g/mol. The van der Waals surface area contributed by atoms with Gasteiger partial charge in [0, 0.05) is 13.1 Å². The van der Waals surface area contributed by atoms with E-state index in [1.54, 1.807) is 4.57 Å². The van der Waals surface area contributed by atoms with Gasteiger partial charge in [-0.15, -0.1) is 0 Å². The lowest BCUT2D eigenvalue weighted by Gasteiger charge is -2.19. The van der Waals surface area contributed by atoms with Gasteiger partial charge in [0.15, 0.2) is 5.16 Å². The molecule has 2 aromatic carbocycles. The highest BCUT2D eigenvalue weighted by Crippen LogP contribution is 2.19. The molecule has 0 aliphatic heterocycles. The highest BCUT2D eigenvalue weighted by Gasteiger charge is 2.14. The highest BCUT2D eigenvalue weighted by atomic mass is 32.2. The van der Waals surface area contributed by atoms with Crippen molar-refractivity contribution in [3.63, 3.8) is 0 Å². The molecule has 6 nitrogen and oxygen atoms in total. The van der Waals surface area contributed by atoms with Crippen molar-refractivity contribution in [2.75, 3.05) is 31.9 Å². The number of nitrogens with one attached hydrogen (secondary N) is 1. The maximum Gasteiger partial charge on any atom is 0.262 e. The van der Waals surface area contributed by atoms with Crippen LogP contribution in [0.2, 0.25) is 0 Å². The van der Waals surface area contributed by atoms with Crippen LogP contribution in [0, 0.1) is 0 Å². The third kappa shape index (κ3) is 6.92. The third-order valence-electron chi connectivity index (χ3n) is 5.88. The molecule has 3 aromatic rings. The maximum atomic E-state index is 13.2. The van der Waals surface area contributed by atoms with Gasteiger partial charge in [-0.25, -0.2) is 4.98 Å². The molecular formula is C26H34N4O2S. The van der Waals surface area contributed by atoms with E-state index < -0.39 is 0 Å². The molecular weight excluding hydrogens is 432 g/mol. The van der Waals surface area contributed by atoms with E-state index in [0.29, 0.717) is 29.1 Å². The van der Waals surface area contributed by atoms with E-state index in [0.717, 1.165) is 26.1 Å². The van der Waals surface area contributed by atoms with Crippen LogP contribution in [-0.2, 0) is 11.3 Å². The second-order valence-corrected chi connectivity index (χ2v) is 9.10. The molecule has 0 saturated carbocycles. The van der Waals surface area contributed by atoms with Gasteiger partial charge in [-0.3, -0.25) is 14.2 Å². The number of para-hydroxylation sites is 1. The molecule has 33 heavy (non-hydrogen) atoms. The molecule has 1 unspecified atom stereocenters. The zero-order valence-electron chi connectivity index (χ0n) is 19.8. The van der Waals surface area contributed by atoms with Crippen molar-refractivity contribution in [3.05, 3.63) is 70.5 Å². The molecule has 0 fully saturated rings. The molecule has 1 heterocycles. The van der Waals surface area contributed by atoms with Gasteiger partial charge in [-0.2, -0.15) is 0 Å². The number of rotatable bonds is 12. The number of thioether (sulfide) groups is 1. The zero-order valence-corrected chi connectivity index (χ0v) is 20.6. The van der Waals surface area contributed by atoms with E-state index in [-0.39, 0.29) is 23.1 Å². The predicted octanol–water partition coefficient (Wildman–Crippen LogP) is 4.14. The van der Waals surface area contributed by atoms with Crippen LogP contribution in [0.5, 0.6) is 0 Å². The lowest BCUT2D eigenvalue weighted by atomic mass is 10.0. The van der Waals surface area contributed by atoms with Crippen molar-refractivity contribution in [2.24, 2.45) is 0 Å². The number of carbonyl (C=O) groups excluding carboxylic acids is 1. The normalized spacial score (nSPS) is 12.2. The summed E-state index contributed by atoms with van der Waals surface area (Å²) in [5.74, 6) is 0.402. The van der Waals surface area contributed by atoms with Crippen LogP contribution in [-0.4, -0.2) is 52.3 Å². The van der Waals surface area contributed by atoms with Gasteiger partial charge in [0.05, 0.1) is 16.7 Å². The Kier molecular flexibility index (Phi) is 9.51. The maximum absolute atomic E-state index is 13.2. The summed E-state index contributed by atoms with van der Waals surface area (Å²) >= 11 is 1.33. The van der Waals surface area contributed by atoms with E-state index >= 15 is 0 Å². The summed E-state index contributed by atoms with van der Waals surface area (Å²) in [5, 5.41) is 4.23. The SMILES string of the molecule is CCN(CC)CCCn1c(SCC(=O)NCC(C)c2ccccc2)nc2ccccc2c1=O. The van der Waals surface area contributed by atoms with Crippen molar-refractivity contribution in [1.82, 2.24) is 19.8 Å². The number of amides is 1. The third-order valence-corrected chi connectivity index (χ3v) is 6.86. The fourth-order valence-corrected chi connectivity index (χ4v) is 4.65. The van der Waals surface area contributed by atoms with Gasteiger partial charge in [0.25, 0.3) is 5.56 Å². The summed E-state index contributed by atoms with van der Waals surface area (Å²) in [4.78, 5) is 32.8. The second kappa shape index (κ2) is 12.6. The summed E-state index contributed by atoms with van der Waals surface area (Å²) in [5.41, 5.74) is 1.83. The lowest BCUT2D eigenvalue weighted by Crippen LogP contribution is -2.30. The first kappa shape index (κ1) is 25.0. The number of aromatic nitrogens is 2.